The Balaban J connectivity index is 2.96. The highest BCUT2D eigenvalue weighted by Gasteiger charge is 2.39. The van der Waals surface area contributed by atoms with Crippen molar-refractivity contribution in [2.45, 2.75) is 39.1 Å². The van der Waals surface area contributed by atoms with Gasteiger partial charge >= 0.3 is 6.18 Å². The maximum absolute atomic E-state index is 12.2. The Morgan fingerprint density at radius 1 is 1.50 bits per heavy atom. The lowest BCUT2D eigenvalue weighted by Gasteiger charge is -2.15. The Bertz CT molecular complexity index is 376. The number of halogens is 4. The van der Waals surface area contributed by atoms with Crippen LogP contribution in [-0.2, 0) is 13.0 Å². The number of nitrogens with zero attached hydrogens (tertiary/aromatic N) is 2. The highest BCUT2D eigenvalue weighted by atomic mass is 35.5. The lowest BCUT2D eigenvalue weighted by molar-refractivity contribution is -0.203. The normalized spacial score (nSPS) is 14.2. The summed E-state index contributed by atoms with van der Waals surface area (Å²) in [5, 5.41) is 13.1. The van der Waals surface area contributed by atoms with E-state index in [0.29, 0.717) is 12.2 Å². The average molecular weight is 257 g/mol. The topological polar surface area (TPSA) is 38.0 Å². The molecule has 0 radical (unpaired) electrons. The molecule has 1 aromatic rings. The van der Waals surface area contributed by atoms with E-state index in [4.69, 9.17) is 16.7 Å². The van der Waals surface area contributed by atoms with Crippen LogP contribution in [0, 0.1) is 6.92 Å². The Labute approximate surface area is 95.8 Å². The van der Waals surface area contributed by atoms with Gasteiger partial charge in [0.25, 0.3) is 0 Å². The zero-order valence-electron chi connectivity index (χ0n) is 8.85. The van der Waals surface area contributed by atoms with E-state index in [2.05, 4.69) is 5.10 Å². The molecule has 1 rings (SSSR count). The van der Waals surface area contributed by atoms with Gasteiger partial charge in [0.2, 0.25) is 0 Å². The molecule has 0 saturated heterocycles. The third-order valence-corrected chi connectivity index (χ3v) is 2.71. The second-order valence-corrected chi connectivity index (χ2v) is 3.80. The van der Waals surface area contributed by atoms with E-state index in [-0.39, 0.29) is 10.7 Å². The first-order valence-electron chi connectivity index (χ1n) is 4.74. The first-order chi connectivity index (χ1) is 7.27. The van der Waals surface area contributed by atoms with Gasteiger partial charge in [-0.1, -0.05) is 11.6 Å². The number of aliphatic hydroxyl groups excluding tert-OH is 1. The summed E-state index contributed by atoms with van der Waals surface area (Å²) in [5.74, 6) is 0. The zero-order chi connectivity index (χ0) is 12.5. The van der Waals surface area contributed by atoms with Crippen molar-refractivity contribution >= 4 is 11.6 Å². The molecule has 0 amide bonds. The van der Waals surface area contributed by atoms with Gasteiger partial charge in [-0.05, 0) is 13.8 Å². The van der Waals surface area contributed by atoms with Gasteiger partial charge in [0.05, 0.1) is 16.4 Å². The van der Waals surface area contributed by atoms with Crippen molar-refractivity contribution in [3.8, 4) is 0 Å². The molecule has 1 atom stereocenters. The highest BCUT2D eigenvalue weighted by molar-refractivity contribution is 6.31. The van der Waals surface area contributed by atoms with Crippen molar-refractivity contribution in [1.29, 1.82) is 0 Å². The quantitative estimate of drug-likeness (QED) is 0.901. The molecule has 92 valence electrons. The minimum atomic E-state index is -4.64. The van der Waals surface area contributed by atoms with Crippen molar-refractivity contribution in [3.05, 3.63) is 16.4 Å². The van der Waals surface area contributed by atoms with Gasteiger partial charge in [-0.15, -0.1) is 0 Å². The Hall–Kier alpha value is -0.750. The van der Waals surface area contributed by atoms with E-state index in [9.17, 15) is 13.2 Å². The monoisotopic (exact) mass is 256 g/mol. The van der Waals surface area contributed by atoms with Crippen LogP contribution in [0.25, 0.3) is 0 Å². The van der Waals surface area contributed by atoms with Crippen molar-refractivity contribution < 1.29 is 18.3 Å². The van der Waals surface area contributed by atoms with Gasteiger partial charge < -0.3 is 5.11 Å². The number of hydrogen-bond donors (Lipinski definition) is 1. The predicted molar refractivity (Wildman–Crippen MR) is 53.4 cm³/mol. The number of alkyl halides is 3. The first-order valence-corrected chi connectivity index (χ1v) is 5.11. The maximum atomic E-state index is 12.2. The molecule has 0 spiro atoms. The summed E-state index contributed by atoms with van der Waals surface area (Å²) < 4.78 is 37.9. The molecule has 1 heterocycles. The van der Waals surface area contributed by atoms with Crippen molar-refractivity contribution in [2.24, 2.45) is 0 Å². The summed E-state index contributed by atoms with van der Waals surface area (Å²) in [6.45, 7) is 3.76. The number of aryl methyl sites for hydroxylation is 2. The van der Waals surface area contributed by atoms with Gasteiger partial charge in [0.1, 0.15) is 0 Å². The molecule has 1 N–H and O–H groups in total. The van der Waals surface area contributed by atoms with Crippen LogP contribution < -0.4 is 0 Å². The number of hydrogen-bond acceptors (Lipinski definition) is 2. The zero-order valence-corrected chi connectivity index (χ0v) is 9.60. The van der Waals surface area contributed by atoms with Crippen molar-refractivity contribution in [2.75, 3.05) is 0 Å². The SMILES string of the molecule is CCn1nc(C)c(Cl)c1CC(O)C(F)(F)F. The van der Waals surface area contributed by atoms with Crippen LogP contribution in [0.3, 0.4) is 0 Å². The van der Waals surface area contributed by atoms with Crippen LogP contribution in [0.2, 0.25) is 5.02 Å². The molecule has 0 bridgehead atoms. The standard InChI is InChI=1S/C9H12ClF3N2O/c1-3-15-6(8(10)5(2)14-15)4-7(16)9(11,12)13/h7,16H,3-4H2,1-2H3. The van der Waals surface area contributed by atoms with Gasteiger partial charge in [0, 0.05) is 13.0 Å². The number of aliphatic hydroxyl groups is 1. The molecule has 0 aromatic carbocycles. The molecule has 0 aliphatic heterocycles. The first kappa shape index (κ1) is 13.3. The number of aromatic nitrogens is 2. The smallest absolute Gasteiger partial charge is 0.383 e. The summed E-state index contributed by atoms with van der Waals surface area (Å²) in [6, 6.07) is 0. The van der Waals surface area contributed by atoms with E-state index in [0.717, 1.165) is 0 Å². The van der Waals surface area contributed by atoms with E-state index in [1.54, 1.807) is 13.8 Å². The molecule has 0 fully saturated rings. The van der Waals surface area contributed by atoms with Gasteiger partial charge in [-0.2, -0.15) is 18.3 Å². The molecular formula is C9H12ClF3N2O. The van der Waals surface area contributed by atoms with E-state index >= 15 is 0 Å². The molecule has 1 unspecified atom stereocenters. The molecule has 0 saturated carbocycles. The molecule has 0 aliphatic carbocycles. The fraction of sp³-hybridized carbons (Fsp3) is 0.667. The molecule has 0 aliphatic rings. The minimum absolute atomic E-state index is 0.185. The molecule has 7 heteroatoms. The summed E-state index contributed by atoms with van der Waals surface area (Å²) >= 11 is 5.83. The minimum Gasteiger partial charge on any atom is -0.383 e. The molecule has 3 nitrogen and oxygen atoms in total. The summed E-state index contributed by atoms with van der Waals surface area (Å²) in [5.41, 5.74) is 0.680. The van der Waals surface area contributed by atoms with Gasteiger partial charge in [-0.3, -0.25) is 4.68 Å². The van der Waals surface area contributed by atoms with Crippen LogP contribution >= 0.6 is 11.6 Å². The molecular weight excluding hydrogens is 245 g/mol. The van der Waals surface area contributed by atoms with E-state index in [1.807, 2.05) is 0 Å². The van der Waals surface area contributed by atoms with Crippen LogP contribution in [0.5, 0.6) is 0 Å². The highest BCUT2D eigenvalue weighted by Crippen LogP contribution is 2.27. The lowest BCUT2D eigenvalue weighted by Crippen LogP contribution is -2.31. The van der Waals surface area contributed by atoms with E-state index in [1.165, 1.54) is 4.68 Å². The second-order valence-electron chi connectivity index (χ2n) is 3.42. The predicted octanol–water partition coefficient (Wildman–Crippen LogP) is 2.33. The Morgan fingerprint density at radius 3 is 2.50 bits per heavy atom. The number of rotatable bonds is 3. The van der Waals surface area contributed by atoms with Crippen molar-refractivity contribution in [1.82, 2.24) is 9.78 Å². The third kappa shape index (κ3) is 2.68. The largest absolute Gasteiger partial charge is 0.414 e. The second kappa shape index (κ2) is 4.63. The van der Waals surface area contributed by atoms with Crippen molar-refractivity contribution in [3.63, 3.8) is 0 Å². The van der Waals surface area contributed by atoms with Crippen LogP contribution in [0.1, 0.15) is 18.3 Å². The van der Waals surface area contributed by atoms with Crippen LogP contribution in [-0.4, -0.2) is 27.2 Å². The Morgan fingerprint density at radius 2 is 2.06 bits per heavy atom. The molecule has 16 heavy (non-hydrogen) atoms. The summed E-state index contributed by atoms with van der Waals surface area (Å²) in [4.78, 5) is 0. The third-order valence-electron chi connectivity index (χ3n) is 2.22. The molecule has 1 aromatic heterocycles. The Kier molecular flexibility index (Phi) is 3.85. The summed E-state index contributed by atoms with van der Waals surface area (Å²) in [6.07, 6.45) is -7.62. The average Bonchev–Trinajstić information content (AvgIpc) is 2.44. The van der Waals surface area contributed by atoms with Crippen LogP contribution in [0.15, 0.2) is 0 Å². The fourth-order valence-corrected chi connectivity index (χ4v) is 1.58. The lowest BCUT2D eigenvalue weighted by atomic mass is 10.2. The van der Waals surface area contributed by atoms with Gasteiger partial charge in [-0.25, -0.2) is 0 Å². The van der Waals surface area contributed by atoms with Gasteiger partial charge in [0.15, 0.2) is 6.10 Å². The maximum Gasteiger partial charge on any atom is 0.414 e. The summed E-state index contributed by atoms with van der Waals surface area (Å²) in [7, 11) is 0. The van der Waals surface area contributed by atoms with E-state index < -0.39 is 18.7 Å². The fourth-order valence-electron chi connectivity index (χ4n) is 1.36. The van der Waals surface area contributed by atoms with Crippen LogP contribution in [0.4, 0.5) is 13.2 Å².